The Morgan fingerprint density at radius 3 is 2.54 bits per heavy atom. The fourth-order valence-corrected chi connectivity index (χ4v) is 2.85. The summed E-state index contributed by atoms with van der Waals surface area (Å²) in [6, 6.07) is 10.5. The molecular formula is C20H21N3O3. The summed E-state index contributed by atoms with van der Waals surface area (Å²) in [5.41, 5.74) is 4.17. The van der Waals surface area contributed by atoms with Crippen molar-refractivity contribution >= 4 is 23.2 Å². The fourth-order valence-electron chi connectivity index (χ4n) is 2.85. The van der Waals surface area contributed by atoms with Crippen LogP contribution in [-0.2, 0) is 11.2 Å². The maximum absolute atomic E-state index is 12.9. The summed E-state index contributed by atoms with van der Waals surface area (Å²) in [4.78, 5) is 29.0. The van der Waals surface area contributed by atoms with E-state index in [-0.39, 0.29) is 5.91 Å². The third-order valence-corrected chi connectivity index (χ3v) is 4.10. The number of ether oxygens (including phenoxy) is 1. The Morgan fingerprint density at radius 1 is 1.15 bits per heavy atom. The van der Waals surface area contributed by atoms with E-state index in [1.807, 2.05) is 29.7 Å². The Kier molecular flexibility index (Phi) is 5.02. The summed E-state index contributed by atoms with van der Waals surface area (Å²) < 4.78 is 6.51. The minimum absolute atomic E-state index is 0.225. The van der Waals surface area contributed by atoms with Crippen molar-refractivity contribution in [2.45, 2.75) is 26.7 Å². The Labute approximate surface area is 151 Å². The number of pyridine rings is 1. The van der Waals surface area contributed by atoms with Gasteiger partial charge in [0.15, 0.2) is 0 Å². The number of fused-ring (bicyclic) bond motifs is 1. The molecule has 0 aliphatic rings. The first kappa shape index (κ1) is 17.7. The lowest BCUT2D eigenvalue weighted by atomic mass is 10.2. The summed E-state index contributed by atoms with van der Waals surface area (Å²) in [5, 5.41) is 2.89. The zero-order valence-corrected chi connectivity index (χ0v) is 15.1. The zero-order chi connectivity index (χ0) is 18.7. The molecule has 1 amide bonds. The van der Waals surface area contributed by atoms with Crippen molar-refractivity contribution in [1.29, 1.82) is 0 Å². The van der Waals surface area contributed by atoms with Crippen molar-refractivity contribution in [3.63, 3.8) is 0 Å². The number of nitrogens with one attached hydrogen (secondary N) is 1. The van der Waals surface area contributed by atoms with Gasteiger partial charge in [0.05, 0.1) is 18.4 Å². The summed E-state index contributed by atoms with van der Waals surface area (Å²) in [5.74, 6) is -0.636. The number of carbonyl (C=O) groups excluding carboxylic acids is 2. The summed E-state index contributed by atoms with van der Waals surface area (Å²) in [6.45, 7) is 4.04. The normalized spacial score (nSPS) is 10.7. The molecule has 0 aliphatic carbocycles. The van der Waals surface area contributed by atoms with E-state index in [4.69, 9.17) is 0 Å². The number of rotatable bonds is 5. The van der Waals surface area contributed by atoms with E-state index in [1.165, 1.54) is 7.11 Å². The van der Waals surface area contributed by atoms with Crippen LogP contribution < -0.4 is 5.32 Å². The van der Waals surface area contributed by atoms with Crippen LogP contribution in [0.1, 0.15) is 45.4 Å². The maximum atomic E-state index is 12.9. The van der Waals surface area contributed by atoms with Gasteiger partial charge in [-0.15, -0.1) is 0 Å². The summed E-state index contributed by atoms with van der Waals surface area (Å²) >= 11 is 0. The molecule has 0 unspecified atom stereocenters. The highest BCUT2D eigenvalue weighted by Crippen LogP contribution is 2.18. The second-order valence-corrected chi connectivity index (χ2v) is 6.11. The number of aryl methyl sites for hydroxylation is 2. The maximum Gasteiger partial charge on any atom is 0.337 e. The molecule has 0 fully saturated rings. The number of imidazole rings is 1. The second kappa shape index (κ2) is 7.39. The first-order valence-corrected chi connectivity index (χ1v) is 8.50. The van der Waals surface area contributed by atoms with E-state index in [0.717, 1.165) is 29.7 Å². The quantitative estimate of drug-likeness (QED) is 0.713. The van der Waals surface area contributed by atoms with Crippen LogP contribution in [0.5, 0.6) is 0 Å². The van der Waals surface area contributed by atoms with Crippen molar-refractivity contribution in [3.05, 3.63) is 65.1 Å². The van der Waals surface area contributed by atoms with Crippen LogP contribution in [0.2, 0.25) is 0 Å². The topological polar surface area (TPSA) is 72.7 Å². The largest absolute Gasteiger partial charge is 0.465 e. The first-order valence-electron chi connectivity index (χ1n) is 8.50. The van der Waals surface area contributed by atoms with E-state index in [9.17, 15) is 9.59 Å². The van der Waals surface area contributed by atoms with E-state index in [0.29, 0.717) is 16.9 Å². The molecule has 0 bridgehead atoms. The Morgan fingerprint density at radius 2 is 1.88 bits per heavy atom. The van der Waals surface area contributed by atoms with Crippen molar-refractivity contribution in [1.82, 2.24) is 9.38 Å². The van der Waals surface area contributed by atoms with E-state index in [2.05, 4.69) is 22.0 Å². The number of benzene rings is 1. The number of amides is 1. The fraction of sp³-hybridized carbons (Fsp3) is 0.250. The molecule has 3 aromatic rings. The molecule has 26 heavy (non-hydrogen) atoms. The average molecular weight is 351 g/mol. The van der Waals surface area contributed by atoms with Crippen LogP contribution >= 0.6 is 0 Å². The molecule has 0 saturated heterocycles. The molecule has 0 saturated carbocycles. The highest BCUT2D eigenvalue weighted by Gasteiger charge is 2.19. The summed E-state index contributed by atoms with van der Waals surface area (Å²) in [7, 11) is 1.33. The molecule has 2 aromatic heterocycles. The highest BCUT2D eigenvalue weighted by molar-refractivity contribution is 6.04. The van der Waals surface area contributed by atoms with Crippen LogP contribution in [0.25, 0.3) is 5.65 Å². The van der Waals surface area contributed by atoms with Gasteiger partial charge < -0.3 is 10.1 Å². The first-order chi connectivity index (χ1) is 12.5. The van der Waals surface area contributed by atoms with Crippen LogP contribution in [0, 0.1) is 6.92 Å². The lowest BCUT2D eigenvalue weighted by Crippen LogP contribution is -2.16. The molecule has 6 nitrogen and oxygen atoms in total. The molecule has 6 heteroatoms. The SMILES string of the molecule is CCCc1nc2ccc(C)cn2c1C(=O)Nc1ccc(C(=O)OC)cc1. The monoisotopic (exact) mass is 351 g/mol. The number of carbonyl (C=O) groups is 2. The minimum atomic E-state index is -0.412. The van der Waals surface area contributed by atoms with E-state index in [1.54, 1.807) is 24.3 Å². The third-order valence-electron chi connectivity index (χ3n) is 4.10. The van der Waals surface area contributed by atoms with Gasteiger partial charge in [-0.2, -0.15) is 0 Å². The van der Waals surface area contributed by atoms with Gasteiger partial charge in [-0.25, -0.2) is 9.78 Å². The molecule has 0 spiro atoms. The predicted octanol–water partition coefficient (Wildman–Crippen LogP) is 3.63. The van der Waals surface area contributed by atoms with Crippen molar-refractivity contribution in [2.75, 3.05) is 12.4 Å². The molecule has 1 aromatic carbocycles. The summed E-state index contributed by atoms with van der Waals surface area (Å²) in [6.07, 6.45) is 3.54. The van der Waals surface area contributed by atoms with E-state index >= 15 is 0 Å². The van der Waals surface area contributed by atoms with Gasteiger partial charge in [0, 0.05) is 11.9 Å². The number of anilines is 1. The lowest BCUT2D eigenvalue weighted by Gasteiger charge is -2.08. The molecule has 0 radical (unpaired) electrons. The number of nitrogens with zero attached hydrogens (tertiary/aromatic N) is 2. The molecule has 3 rings (SSSR count). The van der Waals surface area contributed by atoms with Gasteiger partial charge >= 0.3 is 5.97 Å². The van der Waals surface area contributed by atoms with Gasteiger partial charge in [-0.3, -0.25) is 9.20 Å². The molecule has 0 aliphatic heterocycles. The zero-order valence-electron chi connectivity index (χ0n) is 15.1. The second-order valence-electron chi connectivity index (χ2n) is 6.11. The number of hydrogen-bond acceptors (Lipinski definition) is 4. The van der Waals surface area contributed by atoms with Gasteiger partial charge in [0.2, 0.25) is 0 Å². The molecule has 134 valence electrons. The van der Waals surface area contributed by atoms with Crippen LogP contribution in [0.3, 0.4) is 0 Å². The molecular weight excluding hydrogens is 330 g/mol. The Bertz CT molecular complexity index is 958. The number of esters is 1. The van der Waals surface area contributed by atoms with Gasteiger partial charge in [-0.1, -0.05) is 19.4 Å². The Hall–Kier alpha value is -3.15. The van der Waals surface area contributed by atoms with E-state index < -0.39 is 5.97 Å². The van der Waals surface area contributed by atoms with Crippen LogP contribution in [-0.4, -0.2) is 28.4 Å². The number of methoxy groups -OCH3 is 1. The Balaban J connectivity index is 1.93. The van der Waals surface area contributed by atoms with Gasteiger partial charge in [0.1, 0.15) is 11.3 Å². The van der Waals surface area contributed by atoms with Gasteiger partial charge in [-0.05, 0) is 49.2 Å². The molecule has 2 heterocycles. The number of hydrogen-bond donors (Lipinski definition) is 1. The predicted molar refractivity (Wildman–Crippen MR) is 99.7 cm³/mol. The molecule has 1 N–H and O–H groups in total. The van der Waals surface area contributed by atoms with Crippen molar-refractivity contribution in [3.8, 4) is 0 Å². The smallest absolute Gasteiger partial charge is 0.337 e. The third kappa shape index (κ3) is 3.44. The van der Waals surface area contributed by atoms with Crippen molar-refractivity contribution < 1.29 is 14.3 Å². The highest BCUT2D eigenvalue weighted by atomic mass is 16.5. The lowest BCUT2D eigenvalue weighted by molar-refractivity contribution is 0.0600. The number of aromatic nitrogens is 2. The standard InChI is InChI=1S/C20H21N3O3/c1-4-5-16-18(23-12-13(2)6-11-17(23)22-16)19(24)21-15-9-7-14(8-10-15)20(25)26-3/h6-12H,4-5H2,1-3H3,(H,21,24). The van der Waals surface area contributed by atoms with Crippen LogP contribution in [0.15, 0.2) is 42.6 Å². The average Bonchev–Trinajstić information content (AvgIpc) is 2.99. The van der Waals surface area contributed by atoms with Gasteiger partial charge in [0.25, 0.3) is 5.91 Å². The molecule has 0 atom stereocenters. The van der Waals surface area contributed by atoms with Crippen LogP contribution in [0.4, 0.5) is 5.69 Å². The minimum Gasteiger partial charge on any atom is -0.465 e. The van der Waals surface area contributed by atoms with Crippen molar-refractivity contribution in [2.24, 2.45) is 0 Å².